The third-order valence-electron chi connectivity index (χ3n) is 3.55. The van der Waals surface area contributed by atoms with Gasteiger partial charge in [-0.25, -0.2) is 0 Å². The smallest absolute Gasteiger partial charge is 0.339 e. The van der Waals surface area contributed by atoms with Crippen LogP contribution in [0.1, 0.15) is 66.2 Å². The maximum Gasteiger partial charge on any atom is 0.421 e. The lowest BCUT2D eigenvalue weighted by atomic mass is 10.0. The third-order valence-corrected chi connectivity index (χ3v) is 3.55. The van der Waals surface area contributed by atoms with Crippen molar-refractivity contribution >= 4 is 5.91 Å². The van der Waals surface area contributed by atoms with E-state index in [4.69, 9.17) is 0 Å². The van der Waals surface area contributed by atoms with Gasteiger partial charge in [-0.15, -0.1) is 0 Å². The normalized spacial score (nSPS) is 11.4. The van der Waals surface area contributed by atoms with Crippen molar-refractivity contribution in [2.75, 3.05) is 13.1 Å². The zero-order valence-corrected chi connectivity index (χ0v) is 13.6. The van der Waals surface area contributed by atoms with Gasteiger partial charge in [-0.2, -0.15) is 13.2 Å². The van der Waals surface area contributed by atoms with Crippen molar-refractivity contribution in [3.05, 3.63) is 11.1 Å². The Morgan fingerprint density at radius 2 is 1.33 bits per heavy atom. The van der Waals surface area contributed by atoms with Gasteiger partial charge in [0.2, 0.25) is 0 Å². The molecule has 0 aromatic carbocycles. The van der Waals surface area contributed by atoms with E-state index in [9.17, 15) is 18.0 Å². The Balaban J connectivity index is 5.43. The van der Waals surface area contributed by atoms with Gasteiger partial charge in [0.25, 0.3) is 5.91 Å². The molecule has 0 bridgehead atoms. The minimum absolute atomic E-state index is 0.200. The lowest BCUT2D eigenvalue weighted by Crippen LogP contribution is -2.38. The van der Waals surface area contributed by atoms with E-state index in [1.54, 1.807) is 13.8 Å². The molecule has 124 valence electrons. The highest BCUT2D eigenvalue weighted by Crippen LogP contribution is 2.32. The van der Waals surface area contributed by atoms with Gasteiger partial charge in [-0.1, -0.05) is 46.1 Å². The lowest BCUT2D eigenvalue weighted by molar-refractivity contribution is -0.140. The Morgan fingerprint density at radius 3 is 1.62 bits per heavy atom. The van der Waals surface area contributed by atoms with Gasteiger partial charge < -0.3 is 4.90 Å². The van der Waals surface area contributed by atoms with E-state index in [0.29, 0.717) is 13.1 Å². The molecule has 0 saturated heterocycles. The Bertz CT molecular complexity index is 334. The lowest BCUT2D eigenvalue weighted by Gasteiger charge is -2.26. The molecule has 0 radical (unpaired) electrons. The summed E-state index contributed by atoms with van der Waals surface area (Å²) in [5, 5.41) is 0. The number of carbonyl (C=O) groups is 1. The molecule has 0 unspecified atom stereocenters. The first-order chi connectivity index (χ1) is 9.83. The van der Waals surface area contributed by atoms with E-state index in [0.717, 1.165) is 25.7 Å². The van der Waals surface area contributed by atoms with E-state index in [1.807, 2.05) is 13.8 Å². The molecule has 0 atom stereocenters. The minimum Gasteiger partial charge on any atom is -0.339 e. The van der Waals surface area contributed by atoms with Crippen LogP contribution < -0.4 is 0 Å². The molecular weight excluding hydrogens is 279 g/mol. The van der Waals surface area contributed by atoms with Gasteiger partial charge in [0.1, 0.15) is 5.57 Å². The second kappa shape index (κ2) is 9.85. The van der Waals surface area contributed by atoms with Crippen molar-refractivity contribution in [2.45, 2.75) is 72.4 Å². The van der Waals surface area contributed by atoms with E-state index in [2.05, 4.69) is 0 Å². The van der Waals surface area contributed by atoms with Crippen molar-refractivity contribution in [1.29, 1.82) is 0 Å². The van der Waals surface area contributed by atoms with Crippen molar-refractivity contribution in [3.8, 4) is 0 Å². The summed E-state index contributed by atoms with van der Waals surface area (Å²) in [6, 6.07) is 0. The Morgan fingerprint density at radius 1 is 0.905 bits per heavy atom. The van der Waals surface area contributed by atoms with Crippen LogP contribution in [0.5, 0.6) is 0 Å². The number of amides is 1. The number of halogens is 3. The summed E-state index contributed by atoms with van der Waals surface area (Å²) < 4.78 is 39.9. The summed E-state index contributed by atoms with van der Waals surface area (Å²) in [6.07, 6.45) is -0.888. The number of hydrogen-bond donors (Lipinski definition) is 0. The van der Waals surface area contributed by atoms with Gasteiger partial charge in [-0.3, -0.25) is 4.79 Å². The van der Waals surface area contributed by atoms with E-state index in [1.165, 1.54) is 4.90 Å². The number of nitrogens with zero attached hydrogens (tertiary/aromatic N) is 1. The summed E-state index contributed by atoms with van der Waals surface area (Å²) in [5.74, 6) is -0.844. The topological polar surface area (TPSA) is 20.3 Å². The van der Waals surface area contributed by atoms with Crippen molar-refractivity contribution in [1.82, 2.24) is 4.90 Å². The van der Waals surface area contributed by atoms with Crippen LogP contribution in [0.3, 0.4) is 0 Å². The Labute approximate surface area is 126 Å². The molecule has 0 aliphatic carbocycles. The second-order valence-corrected chi connectivity index (χ2v) is 5.18. The third kappa shape index (κ3) is 6.53. The van der Waals surface area contributed by atoms with Crippen LogP contribution in [0, 0.1) is 0 Å². The highest BCUT2D eigenvalue weighted by atomic mass is 19.4. The second-order valence-electron chi connectivity index (χ2n) is 5.18. The standard InChI is InChI=1S/C16H28F3NO/c1-5-9-11-20(12-10-6-2)15(21)14(16(17,18)19)13(7-3)8-4/h5-12H2,1-4H3. The van der Waals surface area contributed by atoms with Crippen LogP contribution in [0.25, 0.3) is 0 Å². The number of alkyl halides is 3. The largest absolute Gasteiger partial charge is 0.421 e. The molecule has 0 aromatic heterocycles. The fourth-order valence-corrected chi connectivity index (χ4v) is 2.25. The summed E-state index contributed by atoms with van der Waals surface area (Å²) in [5.41, 5.74) is -0.745. The van der Waals surface area contributed by atoms with Crippen molar-refractivity contribution in [3.63, 3.8) is 0 Å². The number of hydrogen-bond acceptors (Lipinski definition) is 1. The molecule has 21 heavy (non-hydrogen) atoms. The van der Waals surface area contributed by atoms with Crippen LogP contribution in [0.15, 0.2) is 11.1 Å². The molecule has 0 aromatic rings. The summed E-state index contributed by atoms with van der Waals surface area (Å²) >= 11 is 0. The fraction of sp³-hybridized carbons (Fsp3) is 0.812. The van der Waals surface area contributed by atoms with Gasteiger partial charge in [0.15, 0.2) is 0 Å². The average molecular weight is 307 g/mol. The van der Waals surface area contributed by atoms with Gasteiger partial charge in [0.05, 0.1) is 0 Å². The Kier molecular flexibility index (Phi) is 9.38. The van der Waals surface area contributed by atoms with Crippen LogP contribution in [0.4, 0.5) is 13.2 Å². The molecule has 0 aliphatic rings. The van der Waals surface area contributed by atoms with Gasteiger partial charge in [0, 0.05) is 13.1 Å². The first-order valence-corrected chi connectivity index (χ1v) is 7.91. The molecule has 0 spiro atoms. The van der Waals surface area contributed by atoms with E-state index >= 15 is 0 Å². The molecule has 0 aliphatic heterocycles. The van der Waals surface area contributed by atoms with Crippen LogP contribution in [0.2, 0.25) is 0 Å². The van der Waals surface area contributed by atoms with Gasteiger partial charge >= 0.3 is 6.18 Å². The molecule has 0 saturated carbocycles. The van der Waals surface area contributed by atoms with Crippen LogP contribution >= 0.6 is 0 Å². The number of rotatable bonds is 9. The molecule has 0 N–H and O–H groups in total. The molecule has 0 heterocycles. The highest BCUT2D eigenvalue weighted by molar-refractivity contribution is 5.95. The minimum atomic E-state index is -4.57. The molecular formula is C16H28F3NO. The van der Waals surface area contributed by atoms with Gasteiger partial charge in [-0.05, 0) is 25.7 Å². The highest BCUT2D eigenvalue weighted by Gasteiger charge is 2.42. The summed E-state index contributed by atoms with van der Waals surface area (Å²) in [4.78, 5) is 13.8. The number of unbranched alkanes of at least 4 members (excludes halogenated alkanes) is 2. The number of allylic oxidation sites excluding steroid dienone is 1. The zero-order valence-electron chi connectivity index (χ0n) is 13.6. The summed E-state index contributed by atoms with van der Waals surface area (Å²) in [7, 11) is 0. The van der Waals surface area contributed by atoms with Crippen LogP contribution in [-0.4, -0.2) is 30.1 Å². The quantitative estimate of drug-likeness (QED) is 0.543. The first kappa shape index (κ1) is 20.0. The SMILES string of the molecule is CCCCN(CCCC)C(=O)C(=C(CC)CC)C(F)(F)F. The molecule has 2 nitrogen and oxygen atoms in total. The maximum absolute atomic E-state index is 13.3. The fourth-order valence-electron chi connectivity index (χ4n) is 2.25. The summed E-state index contributed by atoms with van der Waals surface area (Å²) in [6.45, 7) is 8.06. The predicted molar refractivity (Wildman–Crippen MR) is 80.1 cm³/mol. The monoisotopic (exact) mass is 307 g/mol. The molecule has 1 amide bonds. The maximum atomic E-state index is 13.3. The van der Waals surface area contributed by atoms with E-state index in [-0.39, 0.29) is 18.4 Å². The first-order valence-electron chi connectivity index (χ1n) is 7.91. The predicted octanol–water partition coefficient (Wildman–Crippen LogP) is 5.09. The number of carbonyl (C=O) groups excluding carboxylic acids is 1. The molecule has 0 fully saturated rings. The average Bonchev–Trinajstić information content (AvgIpc) is 2.42. The van der Waals surface area contributed by atoms with Crippen LogP contribution in [-0.2, 0) is 4.79 Å². The van der Waals surface area contributed by atoms with Crippen molar-refractivity contribution < 1.29 is 18.0 Å². The Hall–Kier alpha value is -1.00. The van der Waals surface area contributed by atoms with E-state index < -0.39 is 17.7 Å². The van der Waals surface area contributed by atoms with Crippen molar-refractivity contribution in [2.24, 2.45) is 0 Å². The molecule has 5 heteroatoms. The molecule has 0 rings (SSSR count). The zero-order chi connectivity index (χ0) is 16.5.